The van der Waals surface area contributed by atoms with Crippen LogP contribution < -0.4 is 5.73 Å². The van der Waals surface area contributed by atoms with Gasteiger partial charge in [-0.3, -0.25) is 0 Å². The standard InChI is InChI=1S/C8H7N/c9-7-6-8-4-2-1-3-5-8/h1-4,6H,9H2. The fraction of sp³-hybridized carbons (Fsp3) is 0. The summed E-state index contributed by atoms with van der Waals surface area (Å²) in [4.78, 5) is 0. The van der Waals surface area contributed by atoms with E-state index in [1.165, 1.54) is 0 Å². The van der Waals surface area contributed by atoms with E-state index in [1.54, 1.807) is 6.08 Å². The third kappa shape index (κ3) is 1.61. The van der Waals surface area contributed by atoms with Crippen molar-refractivity contribution in [3.8, 4) is 0 Å². The third-order valence-corrected chi connectivity index (χ3v) is 0.972. The molecular weight excluding hydrogens is 110 g/mol. The average molecular weight is 117 g/mol. The van der Waals surface area contributed by atoms with E-state index in [4.69, 9.17) is 5.73 Å². The van der Waals surface area contributed by atoms with Gasteiger partial charge in [0.2, 0.25) is 0 Å². The van der Waals surface area contributed by atoms with Crippen molar-refractivity contribution in [1.82, 2.24) is 0 Å². The second-order valence-electron chi connectivity index (χ2n) is 1.63. The van der Waals surface area contributed by atoms with Gasteiger partial charge in [0.25, 0.3) is 0 Å². The lowest BCUT2D eigenvalue weighted by atomic mass is 10.2. The summed E-state index contributed by atoms with van der Waals surface area (Å²) < 4.78 is 0. The number of rotatable bonds is 1. The van der Waals surface area contributed by atoms with Crippen molar-refractivity contribution in [2.24, 2.45) is 5.73 Å². The van der Waals surface area contributed by atoms with Crippen molar-refractivity contribution >= 4 is 6.08 Å². The first kappa shape index (κ1) is 5.89. The summed E-state index contributed by atoms with van der Waals surface area (Å²) in [6.07, 6.45) is 4.11. The zero-order chi connectivity index (χ0) is 6.53. The highest BCUT2D eigenvalue weighted by molar-refractivity contribution is 5.45. The number of nitrogens with two attached hydrogens (primary N) is 1. The highest BCUT2D eigenvalue weighted by atomic mass is 14.5. The fourth-order valence-electron chi connectivity index (χ4n) is 0.587. The molecule has 1 rings (SSSR count). The predicted octanol–water partition coefficient (Wildman–Crippen LogP) is 1.22. The second kappa shape index (κ2) is 2.92. The Balaban J connectivity index is 2.85. The molecule has 0 aromatic heterocycles. The van der Waals surface area contributed by atoms with Crippen molar-refractivity contribution in [2.75, 3.05) is 0 Å². The van der Waals surface area contributed by atoms with Crippen molar-refractivity contribution in [2.45, 2.75) is 0 Å². The Morgan fingerprint density at radius 1 is 1.56 bits per heavy atom. The van der Waals surface area contributed by atoms with E-state index in [-0.39, 0.29) is 0 Å². The van der Waals surface area contributed by atoms with Crippen LogP contribution >= 0.6 is 0 Å². The molecule has 0 fully saturated rings. The molecule has 1 heteroatoms. The Kier molecular flexibility index (Phi) is 1.91. The molecule has 9 heavy (non-hydrogen) atoms. The minimum absolute atomic E-state index is 0.958. The van der Waals surface area contributed by atoms with Gasteiger partial charge in [0.05, 0.1) is 6.20 Å². The molecule has 2 N–H and O–H groups in total. The molecule has 0 aliphatic carbocycles. The normalized spacial score (nSPS) is 10.2. The molecule has 0 saturated carbocycles. The number of hydrogen-bond donors (Lipinski definition) is 1. The SMILES string of the molecule is N[C]=Cc1[c]cccc1. The molecule has 0 bridgehead atoms. The Morgan fingerprint density at radius 3 is 3.00 bits per heavy atom. The van der Waals surface area contributed by atoms with E-state index in [0.717, 1.165) is 5.56 Å². The maximum absolute atomic E-state index is 5.03. The van der Waals surface area contributed by atoms with Crippen LogP contribution in [0.25, 0.3) is 6.08 Å². The van der Waals surface area contributed by atoms with E-state index >= 15 is 0 Å². The van der Waals surface area contributed by atoms with Crippen LogP contribution in [0.3, 0.4) is 0 Å². The Hall–Kier alpha value is -1.24. The summed E-state index contributed by atoms with van der Waals surface area (Å²) in [5, 5.41) is 0. The lowest BCUT2D eigenvalue weighted by Gasteiger charge is -1.85. The van der Waals surface area contributed by atoms with E-state index in [9.17, 15) is 0 Å². The van der Waals surface area contributed by atoms with Gasteiger partial charge in [-0.2, -0.15) is 0 Å². The predicted molar refractivity (Wildman–Crippen MR) is 37.2 cm³/mol. The molecule has 1 aromatic carbocycles. The molecule has 1 aromatic rings. The molecule has 0 spiro atoms. The first-order valence-corrected chi connectivity index (χ1v) is 2.69. The molecule has 0 saturated heterocycles. The summed E-state index contributed by atoms with van der Waals surface area (Å²) in [6, 6.07) is 10.6. The van der Waals surface area contributed by atoms with Gasteiger partial charge in [-0.25, -0.2) is 0 Å². The minimum Gasteiger partial charge on any atom is -0.397 e. The Bertz CT molecular complexity index is 189. The van der Waals surface area contributed by atoms with E-state index in [1.807, 2.05) is 24.3 Å². The van der Waals surface area contributed by atoms with Crippen molar-refractivity contribution in [1.29, 1.82) is 0 Å². The molecule has 0 aliphatic heterocycles. The monoisotopic (exact) mass is 117 g/mol. The topological polar surface area (TPSA) is 26.0 Å². The maximum atomic E-state index is 5.03. The lowest BCUT2D eigenvalue weighted by molar-refractivity contribution is 1.54. The van der Waals surface area contributed by atoms with Crippen LogP contribution in [0.1, 0.15) is 5.56 Å². The summed E-state index contributed by atoms with van der Waals surface area (Å²) in [5.41, 5.74) is 5.99. The molecule has 44 valence electrons. The van der Waals surface area contributed by atoms with Crippen LogP contribution in [0.15, 0.2) is 24.3 Å². The van der Waals surface area contributed by atoms with Gasteiger partial charge in [0, 0.05) is 0 Å². The van der Waals surface area contributed by atoms with Gasteiger partial charge < -0.3 is 5.73 Å². The largest absolute Gasteiger partial charge is 0.397 e. The molecule has 0 aliphatic rings. The molecule has 0 heterocycles. The van der Waals surface area contributed by atoms with Gasteiger partial charge in [-0.15, -0.1) is 0 Å². The highest BCUT2D eigenvalue weighted by Crippen LogP contribution is 1.97. The molecule has 1 nitrogen and oxygen atoms in total. The van der Waals surface area contributed by atoms with E-state index < -0.39 is 0 Å². The smallest absolute Gasteiger partial charge is 0.0554 e. The second-order valence-corrected chi connectivity index (χ2v) is 1.63. The number of benzene rings is 1. The molecular formula is C8H7N. The summed E-state index contributed by atoms with van der Waals surface area (Å²) in [5.74, 6) is 0. The summed E-state index contributed by atoms with van der Waals surface area (Å²) in [6.45, 7) is 0. The van der Waals surface area contributed by atoms with Gasteiger partial charge in [-0.1, -0.05) is 24.3 Å². The van der Waals surface area contributed by atoms with Crippen molar-refractivity contribution < 1.29 is 0 Å². The highest BCUT2D eigenvalue weighted by Gasteiger charge is 1.79. The first-order valence-electron chi connectivity index (χ1n) is 2.69. The quantitative estimate of drug-likeness (QED) is 0.550. The van der Waals surface area contributed by atoms with Crippen LogP contribution in [-0.4, -0.2) is 0 Å². The molecule has 0 atom stereocenters. The van der Waals surface area contributed by atoms with Crippen LogP contribution in [0.2, 0.25) is 0 Å². The lowest BCUT2D eigenvalue weighted by Crippen LogP contribution is -1.77. The van der Waals surface area contributed by atoms with E-state index in [0.29, 0.717) is 0 Å². The zero-order valence-electron chi connectivity index (χ0n) is 4.96. The molecule has 0 unspecified atom stereocenters. The van der Waals surface area contributed by atoms with Crippen LogP contribution in [-0.2, 0) is 0 Å². The summed E-state index contributed by atoms with van der Waals surface area (Å²) in [7, 11) is 0. The van der Waals surface area contributed by atoms with Gasteiger partial charge in [0.1, 0.15) is 0 Å². The zero-order valence-corrected chi connectivity index (χ0v) is 4.96. The Morgan fingerprint density at radius 2 is 2.44 bits per heavy atom. The van der Waals surface area contributed by atoms with Crippen molar-refractivity contribution in [3.05, 3.63) is 42.1 Å². The molecule has 0 amide bonds. The minimum atomic E-state index is 0.958. The maximum Gasteiger partial charge on any atom is 0.0554 e. The average Bonchev–Trinajstić information content (AvgIpc) is 1.91. The fourth-order valence-corrected chi connectivity index (χ4v) is 0.587. The van der Waals surface area contributed by atoms with Crippen LogP contribution in [0.5, 0.6) is 0 Å². The number of hydrogen-bond acceptors (Lipinski definition) is 1. The first-order chi connectivity index (χ1) is 4.43. The van der Waals surface area contributed by atoms with Crippen molar-refractivity contribution in [3.63, 3.8) is 0 Å². The summed E-state index contributed by atoms with van der Waals surface area (Å²) >= 11 is 0. The molecule has 2 radical (unpaired) electrons. The van der Waals surface area contributed by atoms with E-state index in [2.05, 4.69) is 12.3 Å². The van der Waals surface area contributed by atoms with Gasteiger partial charge in [0.15, 0.2) is 0 Å². The van der Waals surface area contributed by atoms with Crippen LogP contribution in [0, 0.1) is 12.3 Å². The van der Waals surface area contributed by atoms with Crippen LogP contribution in [0.4, 0.5) is 0 Å². The van der Waals surface area contributed by atoms with Gasteiger partial charge in [-0.05, 0) is 17.7 Å². The third-order valence-electron chi connectivity index (χ3n) is 0.972. The Labute approximate surface area is 54.8 Å². The van der Waals surface area contributed by atoms with Gasteiger partial charge >= 0.3 is 0 Å².